The third kappa shape index (κ3) is 4.96. The molecule has 1 rings (SSSR count). The van der Waals surface area contributed by atoms with E-state index in [-0.39, 0.29) is 5.78 Å². The molecular formula is C15H20F3NO. The molecule has 20 heavy (non-hydrogen) atoms. The highest BCUT2D eigenvalue weighted by atomic mass is 19.4. The number of carbonyl (C=O) groups is 1. The number of Topliss-reactive ketones (excluding diaryl/α,β-unsaturated/α-hetero) is 1. The summed E-state index contributed by atoms with van der Waals surface area (Å²) in [6.07, 6.45) is -3.35. The van der Waals surface area contributed by atoms with E-state index < -0.39 is 11.7 Å². The number of carbonyl (C=O) groups excluding carboxylic acids is 1. The number of alkyl halides is 3. The first-order chi connectivity index (χ1) is 9.21. The van der Waals surface area contributed by atoms with Gasteiger partial charge in [0.15, 0.2) is 5.78 Å². The zero-order chi connectivity index (χ0) is 15.3. The van der Waals surface area contributed by atoms with Gasteiger partial charge in [-0.05, 0) is 37.6 Å². The predicted molar refractivity (Wildman–Crippen MR) is 72.9 cm³/mol. The Balaban J connectivity index is 2.65. The quantitative estimate of drug-likeness (QED) is 0.633. The summed E-state index contributed by atoms with van der Waals surface area (Å²) < 4.78 is 37.6. The van der Waals surface area contributed by atoms with Crippen molar-refractivity contribution in [2.24, 2.45) is 0 Å². The lowest BCUT2D eigenvalue weighted by molar-refractivity contribution is -0.137. The van der Waals surface area contributed by atoms with E-state index in [2.05, 4.69) is 5.32 Å². The van der Waals surface area contributed by atoms with Gasteiger partial charge in [-0.1, -0.05) is 19.9 Å². The second-order valence-corrected chi connectivity index (χ2v) is 5.16. The summed E-state index contributed by atoms with van der Waals surface area (Å²) in [4.78, 5) is 12.0. The predicted octanol–water partition coefficient (Wildman–Crippen LogP) is 3.97. The number of rotatable bonds is 6. The van der Waals surface area contributed by atoms with Crippen LogP contribution in [0.25, 0.3) is 0 Å². The van der Waals surface area contributed by atoms with E-state index in [0.717, 1.165) is 18.7 Å². The maximum atomic E-state index is 12.5. The average molecular weight is 287 g/mol. The molecule has 1 N–H and O–H groups in total. The zero-order valence-corrected chi connectivity index (χ0v) is 12.0. The fraction of sp³-hybridized carbons (Fsp3) is 0.533. The molecule has 0 fully saturated rings. The minimum Gasteiger partial charge on any atom is -0.315 e. The summed E-state index contributed by atoms with van der Waals surface area (Å²) in [6, 6.07) is 3.63. The van der Waals surface area contributed by atoms with Crippen LogP contribution in [0.5, 0.6) is 0 Å². The Morgan fingerprint density at radius 3 is 2.45 bits per heavy atom. The van der Waals surface area contributed by atoms with Gasteiger partial charge in [-0.2, -0.15) is 13.2 Å². The molecule has 0 aromatic heterocycles. The van der Waals surface area contributed by atoms with Crippen molar-refractivity contribution in [1.29, 1.82) is 0 Å². The molecule has 0 unspecified atom stereocenters. The number of halogens is 3. The van der Waals surface area contributed by atoms with Gasteiger partial charge >= 0.3 is 6.18 Å². The Hall–Kier alpha value is -1.36. The summed E-state index contributed by atoms with van der Waals surface area (Å²) in [5.41, 5.74) is 0.0391. The van der Waals surface area contributed by atoms with Crippen LogP contribution in [-0.2, 0) is 6.18 Å². The van der Waals surface area contributed by atoms with E-state index in [1.54, 1.807) is 0 Å². The molecule has 0 aliphatic rings. The summed E-state index contributed by atoms with van der Waals surface area (Å²) in [5, 5.41) is 3.19. The number of hydrogen-bond acceptors (Lipinski definition) is 2. The van der Waals surface area contributed by atoms with E-state index in [1.165, 1.54) is 13.0 Å². The van der Waals surface area contributed by atoms with Crippen molar-refractivity contribution in [3.8, 4) is 0 Å². The van der Waals surface area contributed by atoms with Gasteiger partial charge in [0.05, 0.1) is 5.56 Å². The summed E-state index contributed by atoms with van der Waals surface area (Å²) in [5.74, 6) is -0.109. The number of hydrogen-bond donors (Lipinski definition) is 1. The van der Waals surface area contributed by atoms with E-state index in [1.807, 2.05) is 13.8 Å². The van der Waals surface area contributed by atoms with E-state index in [9.17, 15) is 18.0 Å². The molecule has 0 saturated carbocycles. The molecule has 1 aromatic rings. The number of benzene rings is 1. The summed E-state index contributed by atoms with van der Waals surface area (Å²) in [7, 11) is 0. The fourth-order valence-electron chi connectivity index (χ4n) is 1.93. The maximum Gasteiger partial charge on any atom is 0.416 e. The Morgan fingerprint density at radius 2 is 1.95 bits per heavy atom. The molecular weight excluding hydrogens is 267 g/mol. The smallest absolute Gasteiger partial charge is 0.315 e. The highest BCUT2D eigenvalue weighted by Gasteiger charge is 2.30. The van der Waals surface area contributed by atoms with Crippen molar-refractivity contribution in [2.75, 3.05) is 6.54 Å². The van der Waals surface area contributed by atoms with Gasteiger partial charge in [0.1, 0.15) is 0 Å². The minimum atomic E-state index is -4.37. The number of nitrogens with one attached hydrogen (secondary N) is 1. The first-order valence-corrected chi connectivity index (χ1v) is 6.66. The van der Waals surface area contributed by atoms with Gasteiger partial charge in [-0.3, -0.25) is 4.79 Å². The molecule has 0 aliphatic heterocycles. The fourth-order valence-corrected chi connectivity index (χ4v) is 1.93. The van der Waals surface area contributed by atoms with Crippen LogP contribution in [0.4, 0.5) is 13.2 Å². The van der Waals surface area contributed by atoms with Crippen LogP contribution in [0.3, 0.4) is 0 Å². The lowest BCUT2D eigenvalue weighted by Crippen LogP contribution is -2.24. The van der Waals surface area contributed by atoms with Gasteiger partial charge in [0.25, 0.3) is 0 Å². The van der Waals surface area contributed by atoms with Crippen molar-refractivity contribution in [3.05, 3.63) is 34.9 Å². The van der Waals surface area contributed by atoms with E-state index >= 15 is 0 Å². The third-order valence-corrected chi connectivity index (χ3v) is 2.99. The molecule has 0 bridgehead atoms. The Labute approximate surface area is 117 Å². The van der Waals surface area contributed by atoms with Gasteiger partial charge in [-0.25, -0.2) is 0 Å². The third-order valence-electron chi connectivity index (χ3n) is 2.99. The van der Waals surface area contributed by atoms with Gasteiger partial charge < -0.3 is 5.32 Å². The van der Waals surface area contributed by atoms with Crippen LogP contribution in [0.2, 0.25) is 0 Å². The monoisotopic (exact) mass is 287 g/mol. The normalized spacial score (nSPS) is 11.9. The molecule has 1 aromatic carbocycles. The average Bonchev–Trinajstić information content (AvgIpc) is 2.32. The van der Waals surface area contributed by atoms with E-state index in [4.69, 9.17) is 0 Å². The van der Waals surface area contributed by atoms with Gasteiger partial charge in [0, 0.05) is 18.0 Å². The van der Waals surface area contributed by atoms with E-state index in [0.29, 0.717) is 30.0 Å². The van der Waals surface area contributed by atoms with Crippen molar-refractivity contribution in [1.82, 2.24) is 5.32 Å². The molecule has 0 aliphatic carbocycles. The molecule has 0 atom stereocenters. The molecule has 0 radical (unpaired) electrons. The van der Waals surface area contributed by atoms with Crippen LogP contribution in [0.15, 0.2) is 18.2 Å². The lowest BCUT2D eigenvalue weighted by atomic mass is 9.99. The van der Waals surface area contributed by atoms with Crippen molar-refractivity contribution >= 4 is 5.78 Å². The van der Waals surface area contributed by atoms with Crippen LogP contribution in [0, 0.1) is 6.92 Å². The van der Waals surface area contributed by atoms with Crippen LogP contribution in [0.1, 0.15) is 48.2 Å². The largest absolute Gasteiger partial charge is 0.416 e. The second kappa shape index (κ2) is 6.88. The standard InChI is InChI=1S/C15H20F3NO/c1-10(2)19-8-4-5-14(20)13-7-6-12(9-11(13)3)15(16,17)18/h6-7,9-10,19H,4-5,8H2,1-3H3. The topological polar surface area (TPSA) is 29.1 Å². The Kier molecular flexibility index (Phi) is 5.74. The lowest BCUT2D eigenvalue weighted by Gasteiger charge is -2.11. The molecule has 0 saturated heterocycles. The minimum absolute atomic E-state index is 0.109. The van der Waals surface area contributed by atoms with Crippen molar-refractivity contribution < 1.29 is 18.0 Å². The molecule has 2 nitrogen and oxygen atoms in total. The second-order valence-electron chi connectivity index (χ2n) is 5.16. The molecule has 5 heteroatoms. The summed E-state index contributed by atoms with van der Waals surface area (Å²) in [6.45, 7) is 6.29. The van der Waals surface area contributed by atoms with Gasteiger partial charge in [0.2, 0.25) is 0 Å². The number of aryl methyl sites for hydroxylation is 1. The highest BCUT2D eigenvalue weighted by molar-refractivity contribution is 5.97. The van der Waals surface area contributed by atoms with Crippen LogP contribution >= 0.6 is 0 Å². The Bertz CT molecular complexity index is 467. The molecule has 112 valence electrons. The van der Waals surface area contributed by atoms with Crippen molar-refractivity contribution in [2.45, 2.75) is 45.8 Å². The van der Waals surface area contributed by atoms with Crippen molar-refractivity contribution in [3.63, 3.8) is 0 Å². The zero-order valence-electron chi connectivity index (χ0n) is 12.0. The molecule has 0 spiro atoms. The number of ketones is 1. The van der Waals surface area contributed by atoms with Crippen LogP contribution in [-0.4, -0.2) is 18.4 Å². The molecule has 0 amide bonds. The molecule has 0 heterocycles. The summed E-state index contributed by atoms with van der Waals surface area (Å²) >= 11 is 0. The van der Waals surface area contributed by atoms with Crippen LogP contribution < -0.4 is 5.32 Å². The highest BCUT2D eigenvalue weighted by Crippen LogP contribution is 2.30. The first kappa shape index (κ1) is 16.7. The Morgan fingerprint density at radius 1 is 1.30 bits per heavy atom. The SMILES string of the molecule is Cc1cc(C(F)(F)F)ccc1C(=O)CCCNC(C)C. The maximum absolute atomic E-state index is 12.5. The first-order valence-electron chi connectivity index (χ1n) is 6.66. The van der Waals surface area contributed by atoms with Gasteiger partial charge in [-0.15, -0.1) is 0 Å².